The van der Waals surface area contributed by atoms with Crippen LogP contribution >= 0.6 is 23.4 Å². The van der Waals surface area contributed by atoms with E-state index in [1.165, 1.54) is 11.8 Å². The van der Waals surface area contributed by atoms with Crippen molar-refractivity contribution >= 4 is 29.3 Å². The van der Waals surface area contributed by atoms with Gasteiger partial charge in [0.2, 0.25) is 5.91 Å². The van der Waals surface area contributed by atoms with Gasteiger partial charge in [0.15, 0.2) is 0 Å². The smallest absolute Gasteiger partial charge is 0.237 e. The molecule has 0 aromatic heterocycles. The van der Waals surface area contributed by atoms with Gasteiger partial charge in [0.05, 0.1) is 17.5 Å². The van der Waals surface area contributed by atoms with Gasteiger partial charge in [-0.25, -0.2) is 0 Å². The van der Waals surface area contributed by atoms with Gasteiger partial charge in [-0.05, 0) is 39.0 Å². The summed E-state index contributed by atoms with van der Waals surface area (Å²) in [5.41, 5.74) is -0.702. The first-order valence-corrected chi connectivity index (χ1v) is 11.3. The maximum absolute atomic E-state index is 12.9. The molecule has 158 valence electrons. The Morgan fingerprint density at radius 3 is 2.56 bits per heavy atom. The number of nitrogens with zero attached hydrogens (tertiary/aromatic N) is 1. The molecule has 0 aromatic carbocycles. The Bertz CT molecular complexity index is 498. The van der Waals surface area contributed by atoms with Gasteiger partial charge in [-0.3, -0.25) is 9.69 Å². The number of carbonyl (C=O) groups excluding carboxylic acids is 1. The number of likely N-dealkylation sites (N-methyl/N-ethyl adjacent to an activating group) is 1. The predicted molar refractivity (Wildman–Crippen MR) is 107 cm³/mol. The van der Waals surface area contributed by atoms with Crippen molar-refractivity contribution in [2.75, 3.05) is 19.8 Å². The highest BCUT2D eigenvalue weighted by atomic mass is 35.5. The summed E-state index contributed by atoms with van der Waals surface area (Å²) in [5.74, 6) is 0.350. The lowest BCUT2D eigenvalue weighted by Crippen LogP contribution is -2.65. The molecule has 9 atom stereocenters. The van der Waals surface area contributed by atoms with Crippen molar-refractivity contribution in [3.8, 4) is 0 Å². The summed E-state index contributed by atoms with van der Waals surface area (Å²) in [5, 5.41) is 33.0. The van der Waals surface area contributed by atoms with Crippen molar-refractivity contribution in [3.63, 3.8) is 0 Å². The third kappa shape index (κ3) is 5.29. The first-order valence-electron chi connectivity index (χ1n) is 9.58. The first-order chi connectivity index (χ1) is 12.7. The van der Waals surface area contributed by atoms with E-state index in [1.807, 2.05) is 11.9 Å². The molecule has 27 heavy (non-hydrogen) atoms. The zero-order valence-electron chi connectivity index (χ0n) is 16.4. The summed E-state index contributed by atoms with van der Waals surface area (Å²) in [6, 6.07) is -0.934. The largest absolute Gasteiger partial charge is 0.388 e. The Morgan fingerprint density at radius 2 is 2.00 bits per heavy atom. The number of likely N-dealkylation sites (tertiary alicyclic amines) is 1. The zero-order valence-corrected chi connectivity index (χ0v) is 18.0. The minimum absolute atomic E-state index is 0.147. The molecule has 0 aliphatic carbocycles. The molecule has 0 aromatic rings. The number of thioether (sulfide) groups is 1. The summed E-state index contributed by atoms with van der Waals surface area (Å²) in [7, 11) is 1.94. The Morgan fingerprint density at radius 1 is 1.33 bits per heavy atom. The van der Waals surface area contributed by atoms with Crippen molar-refractivity contribution in [2.24, 2.45) is 5.92 Å². The van der Waals surface area contributed by atoms with Crippen LogP contribution in [-0.4, -0.2) is 93.3 Å². The first kappa shape index (κ1) is 23.2. The molecule has 2 aliphatic rings. The van der Waals surface area contributed by atoms with Gasteiger partial charge in [-0.1, -0.05) is 13.3 Å². The van der Waals surface area contributed by atoms with Crippen LogP contribution in [0.3, 0.4) is 0 Å². The summed E-state index contributed by atoms with van der Waals surface area (Å²) in [6.45, 7) is 4.74. The molecule has 2 rings (SSSR count). The van der Waals surface area contributed by atoms with Crippen LogP contribution in [0.25, 0.3) is 0 Å². The number of carbonyl (C=O) groups is 1. The van der Waals surface area contributed by atoms with Gasteiger partial charge in [0.25, 0.3) is 0 Å². The highest BCUT2D eigenvalue weighted by Gasteiger charge is 2.48. The summed E-state index contributed by atoms with van der Waals surface area (Å²) >= 11 is 7.55. The fourth-order valence-corrected chi connectivity index (χ4v) is 5.00. The van der Waals surface area contributed by atoms with Gasteiger partial charge in [-0.15, -0.1) is 23.4 Å². The Labute approximate surface area is 170 Å². The second-order valence-electron chi connectivity index (χ2n) is 7.73. The number of rotatable bonds is 7. The van der Waals surface area contributed by atoms with Gasteiger partial charge in [0.1, 0.15) is 29.9 Å². The molecule has 9 heteroatoms. The highest BCUT2D eigenvalue weighted by Crippen LogP contribution is 2.31. The van der Waals surface area contributed by atoms with Gasteiger partial charge < -0.3 is 25.4 Å². The predicted octanol–water partition coefficient (Wildman–Crippen LogP) is 0.390. The quantitative estimate of drug-likeness (QED) is 0.438. The molecule has 2 fully saturated rings. The monoisotopic (exact) mass is 424 g/mol. The maximum atomic E-state index is 12.9. The van der Waals surface area contributed by atoms with Crippen LogP contribution in [-0.2, 0) is 9.53 Å². The molecular formula is C18H33ClN2O5S. The molecule has 0 unspecified atom stereocenters. The summed E-state index contributed by atoms with van der Waals surface area (Å²) < 4.78 is 5.79. The van der Waals surface area contributed by atoms with Gasteiger partial charge in [0, 0.05) is 6.54 Å². The number of amides is 1. The topological polar surface area (TPSA) is 102 Å². The van der Waals surface area contributed by atoms with E-state index in [0.717, 1.165) is 25.8 Å². The van der Waals surface area contributed by atoms with Gasteiger partial charge in [-0.2, -0.15) is 0 Å². The molecule has 4 N–H and O–H groups in total. The third-order valence-electron chi connectivity index (χ3n) is 5.63. The Kier molecular flexibility index (Phi) is 8.67. The lowest BCUT2D eigenvalue weighted by Gasteiger charge is -2.44. The van der Waals surface area contributed by atoms with E-state index in [0.29, 0.717) is 5.92 Å². The minimum Gasteiger partial charge on any atom is -0.388 e. The van der Waals surface area contributed by atoms with E-state index in [4.69, 9.17) is 16.3 Å². The number of nitrogens with one attached hydrogen (secondary N) is 1. The summed E-state index contributed by atoms with van der Waals surface area (Å²) in [6.07, 6.45) is -0.0980. The van der Waals surface area contributed by atoms with Crippen LogP contribution < -0.4 is 5.32 Å². The normalized spacial score (nSPS) is 39.9. The van der Waals surface area contributed by atoms with Crippen LogP contribution in [0.2, 0.25) is 0 Å². The molecule has 0 saturated carbocycles. The molecule has 0 bridgehead atoms. The number of aliphatic hydroxyl groups excluding tert-OH is 3. The molecule has 1 amide bonds. The Balaban J connectivity index is 2.09. The number of alkyl halides is 1. The van der Waals surface area contributed by atoms with E-state index in [9.17, 15) is 20.1 Å². The third-order valence-corrected chi connectivity index (χ3v) is 6.76. The zero-order chi connectivity index (χ0) is 20.3. The van der Waals surface area contributed by atoms with Crippen molar-refractivity contribution in [1.82, 2.24) is 10.2 Å². The van der Waals surface area contributed by atoms with Crippen LogP contribution in [0.15, 0.2) is 0 Å². The Hall–Kier alpha value is -0.0900. The molecule has 2 aliphatic heterocycles. The van der Waals surface area contributed by atoms with Crippen LogP contribution in [0.4, 0.5) is 0 Å². The lowest BCUT2D eigenvalue weighted by molar-refractivity contribution is -0.205. The standard InChI is InChI=1S/C18H33ClN2O5S/c1-5-6-10-7-11(21(3)8-10)17(25)20-12(9(2)19)16-14(23)13(22)15(24)18(26-16)27-4/h9-16,18,22-24H,5-8H2,1-4H3,(H,20,25)/t9-,10-,11-,12-,13-,14-,15+,16-,18-/m1/s1. The van der Waals surface area contributed by atoms with E-state index in [2.05, 4.69) is 12.2 Å². The van der Waals surface area contributed by atoms with Crippen LogP contribution in [0.5, 0.6) is 0 Å². The maximum Gasteiger partial charge on any atom is 0.237 e. The number of hydrogen-bond donors (Lipinski definition) is 4. The van der Waals surface area contributed by atoms with E-state index >= 15 is 0 Å². The average molecular weight is 425 g/mol. The van der Waals surface area contributed by atoms with E-state index in [1.54, 1.807) is 13.2 Å². The SMILES string of the molecule is CCC[C@@H]1C[C@H](C(=O)N[C@@H]([C@H]2O[C@H](SC)[C@@H](O)[C@H](O)[C@H]2O)[C@@H](C)Cl)N(C)C1. The van der Waals surface area contributed by atoms with Gasteiger partial charge >= 0.3 is 0 Å². The fraction of sp³-hybridized carbons (Fsp3) is 0.944. The lowest BCUT2D eigenvalue weighted by atomic mass is 9.92. The molecular weight excluding hydrogens is 392 g/mol. The van der Waals surface area contributed by atoms with Crippen molar-refractivity contribution in [2.45, 2.75) is 80.4 Å². The number of aliphatic hydroxyl groups is 3. The average Bonchev–Trinajstić information content (AvgIpc) is 2.99. The fourth-order valence-electron chi connectivity index (χ4n) is 4.11. The van der Waals surface area contributed by atoms with Crippen LogP contribution in [0, 0.1) is 5.92 Å². The highest BCUT2D eigenvalue weighted by molar-refractivity contribution is 7.99. The summed E-state index contributed by atoms with van der Waals surface area (Å²) in [4.78, 5) is 14.9. The van der Waals surface area contributed by atoms with Crippen LogP contribution in [0.1, 0.15) is 33.1 Å². The number of ether oxygens (including phenoxy) is 1. The molecule has 0 spiro atoms. The van der Waals surface area contributed by atoms with E-state index < -0.39 is 41.3 Å². The number of hydrogen-bond acceptors (Lipinski definition) is 7. The van der Waals surface area contributed by atoms with Crippen molar-refractivity contribution in [3.05, 3.63) is 0 Å². The molecule has 2 saturated heterocycles. The second-order valence-corrected chi connectivity index (χ2v) is 9.36. The minimum atomic E-state index is -1.36. The van der Waals surface area contributed by atoms with Crippen molar-refractivity contribution in [1.29, 1.82) is 0 Å². The second kappa shape index (κ2) is 10.1. The van der Waals surface area contributed by atoms with E-state index in [-0.39, 0.29) is 11.9 Å². The molecule has 0 radical (unpaired) electrons. The molecule has 7 nitrogen and oxygen atoms in total. The number of halogens is 1. The van der Waals surface area contributed by atoms with Crippen molar-refractivity contribution < 1.29 is 24.9 Å². The molecule has 2 heterocycles.